The summed E-state index contributed by atoms with van der Waals surface area (Å²) in [7, 11) is 0. The number of benzene rings is 1. The molecular weight excluding hydrogens is 480 g/mol. The van der Waals surface area contributed by atoms with Crippen molar-refractivity contribution >= 4 is 48.1 Å². The largest absolute Gasteiger partial charge is 0.480 e. The van der Waals surface area contributed by atoms with Crippen LogP contribution in [0.25, 0.3) is 0 Å². The van der Waals surface area contributed by atoms with Crippen LogP contribution in [-0.2, 0) is 35.2 Å². The van der Waals surface area contributed by atoms with E-state index in [9.17, 15) is 33.9 Å². The third-order valence-electron chi connectivity index (χ3n) is 4.78. The highest BCUT2D eigenvalue weighted by atomic mass is 32.1. The Morgan fingerprint density at radius 1 is 0.829 bits per heavy atom. The monoisotopic (exact) mass is 510 g/mol. The fraction of sp³-hybridized carbons (Fsp3) is 0.429. The number of carboxylic acid groups (broad SMARTS) is 1. The van der Waals surface area contributed by atoms with Crippen LogP contribution >= 0.6 is 12.6 Å². The van der Waals surface area contributed by atoms with Gasteiger partial charge in [0.1, 0.15) is 18.1 Å². The first-order valence-electron chi connectivity index (χ1n) is 10.6. The summed E-state index contributed by atoms with van der Waals surface area (Å²) in [6.45, 7) is 0. The SMILES string of the molecule is NC(=O)CCC(NC(=O)C(CC(N)=O)NC(=O)C(Cc1ccccc1)NC(=O)C(N)CS)C(=O)O. The van der Waals surface area contributed by atoms with Crippen molar-refractivity contribution in [3.05, 3.63) is 35.9 Å². The molecule has 4 atom stereocenters. The third-order valence-corrected chi connectivity index (χ3v) is 5.17. The zero-order chi connectivity index (χ0) is 26.5. The molecule has 10 N–H and O–H groups in total. The Morgan fingerprint density at radius 2 is 1.37 bits per heavy atom. The van der Waals surface area contributed by atoms with Crippen molar-refractivity contribution in [2.24, 2.45) is 17.2 Å². The van der Waals surface area contributed by atoms with E-state index in [-0.39, 0.29) is 25.0 Å². The highest BCUT2D eigenvalue weighted by Crippen LogP contribution is 2.06. The molecular formula is C21H30N6O7S. The molecule has 1 aromatic carbocycles. The second-order valence-electron chi connectivity index (χ2n) is 7.68. The van der Waals surface area contributed by atoms with Gasteiger partial charge in [0, 0.05) is 18.6 Å². The average molecular weight is 511 g/mol. The fourth-order valence-corrected chi connectivity index (χ4v) is 3.09. The van der Waals surface area contributed by atoms with E-state index >= 15 is 0 Å². The summed E-state index contributed by atoms with van der Waals surface area (Å²) in [6, 6.07) is 3.40. The summed E-state index contributed by atoms with van der Waals surface area (Å²) in [5.74, 6) is -5.67. The lowest BCUT2D eigenvalue weighted by molar-refractivity contribution is -0.142. The smallest absolute Gasteiger partial charge is 0.326 e. The molecule has 0 heterocycles. The summed E-state index contributed by atoms with van der Waals surface area (Å²) in [5, 5.41) is 16.3. The zero-order valence-corrected chi connectivity index (χ0v) is 19.7. The number of nitrogens with two attached hydrogens (primary N) is 3. The van der Waals surface area contributed by atoms with Crippen LogP contribution in [0, 0.1) is 0 Å². The van der Waals surface area contributed by atoms with Crippen LogP contribution in [-0.4, -0.2) is 70.5 Å². The van der Waals surface area contributed by atoms with Crippen molar-refractivity contribution in [3.63, 3.8) is 0 Å². The molecule has 0 aliphatic rings. The molecule has 4 unspecified atom stereocenters. The predicted octanol–water partition coefficient (Wildman–Crippen LogP) is -2.83. The van der Waals surface area contributed by atoms with Gasteiger partial charge >= 0.3 is 5.97 Å². The zero-order valence-electron chi connectivity index (χ0n) is 18.8. The second-order valence-corrected chi connectivity index (χ2v) is 8.04. The van der Waals surface area contributed by atoms with Gasteiger partial charge < -0.3 is 38.3 Å². The number of amides is 5. The number of rotatable bonds is 15. The van der Waals surface area contributed by atoms with Crippen LogP contribution in [0.1, 0.15) is 24.8 Å². The molecule has 0 spiro atoms. The highest BCUT2D eigenvalue weighted by molar-refractivity contribution is 7.80. The van der Waals surface area contributed by atoms with Gasteiger partial charge in [-0.3, -0.25) is 24.0 Å². The maximum absolute atomic E-state index is 13.0. The molecule has 192 valence electrons. The summed E-state index contributed by atoms with van der Waals surface area (Å²) >= 11 is 3.96. The number of hydrogen-bond acceptors (Lipinski definition) is 8. The standard InChI is InChI=1S/C21H30N6O7S/c22-12(10-35)18(30)26-14(8-11-4-2-1-3-5-11)19(31)27-15(9-17(24)29)20(32)25-13(21(33)34)6-7-16(23)28/h1-5,12-15,35H,6-10,22H2,(H2,23,28)(H2,24,29)(H,25,32)(H,26,30)(H,27,31)(H,33,34). The first-order chi connectivity index (χ1) is 16.4. The van der Waals surface area contributed by atoms with E-state index in [4.69, 9.17) is 17.2 Å². The lowest BCUT2D eigenvalue weighted by Crippen LogP contribution is -2.58. The third kappa shape index (κ3) is 10.9. The van der Waals surface area contributed by atoms with Crippen molar-refractivity contribution in [1.82, 2.24) is 16.0 Å². The molecule has 0 aliphatic carbocycles. The van der Waals surface area contributed by atoms with Gasteiger partial charge in [-0.15, -0.1) is 0 Å². The van der Waals surface area contributed by atoms with Crippen LogP contribution in [0.15, 0.2) is 30.3 Å². The van der Waals surface area contributed by atoms with Crippen LogP contribution < -0.4 is 33.2 Å². The van der Waals surface area contributed by atoms with Gasteiger partial charge in [-0.05, 0) is 12.0 Å². The van der Waals surface area contributed by atoms with E-state index in [1.807, 2.05) is 0 Å². The maximum Gasteiger partial charge on any atom is 0.326 e. The van der Waals surface area contributed by atoms with E-state index in [0.29, 0.717) is 5.56 Å². The summed E-state index contributed by atoms with van der Waals surface area (Å²) < 4.78 is 0. The van der Waals surface area contributed by atoms with Crippen molar-refractivity contribution < 1.29 is 33.9 Å². The topological polar surface area (TPSA) is 237 Å². The summed E-state index contributed by atoms with van der Waals surface area (Å²) in [4.78, 5) is 71.9. The Kier molecular flexibility index (Phi) is 12.2. The predicted molar refractivity (Wildman–Crippen MR) is 128 cm³/mol. The summed E-state index contributed by atoms with van der Waals surface area (Å²) in [6.07, 6.45) is -1.25. The molecule has 0 saturated heterocycles. The Morgan fingerprint density at radius 3 is 1.89 bits per heavy atom. The van der Waals surface area contributed by atoms with E-state index in [2.05, 4.69) is 28.6 Å². The highest BCUT2D eigenvalue weighted by Gasteiger charge is 2.31. The first kappa shape index (κ1) is 29.4. The summed E-state index contributed by atoms with van der Waals surface area (Å²) in [5.41, 5.74) is 16.6. The molecule has 14 heteroatoms. The molecule has 0 aromatic heterocycles. The van der Waals surface area contributed by atoms with Crippen molar-refractivity contribution in [2.75, 3.05) is 5.75 Å². The van der Waals surface area contributed by atoms with Gasteiger partial charge in [-0.2, -0.15) is 12.6 Å². The lowest BCUT2D eigenvalue weighted by atomic mass is 10.0. The first-order valence-corrected chi connectivity index (χ1v) is 11.2. The van der Waals surface area contributed by atoms with Gasteiger partial charge in [0.25, 0.3) is 0 Å². The Bertz CT molecular complexity index is 930. The minimum absolute atomic E-state index is 0.0140. The molecule has 0 aliphatic heterocycles. The lowest BCUT2D eigenvalue weighted by Gasteiger charge is -2.24. The van der Waals surface area contributed by atoms with Gasteiger partial charge in [0.2, 0.25) is 29.5 Å². The number of aliphatic carboxylic acids is 1. The van der Waals surface area contributed by atoms with Gasteiger partial charge in [0.05, 0.1) is 12.5 Å². The van der Waals surface area contributed by atoms with E-state index < -0.39 is 66.1 Å². The molecule has 5 amide bonds. The number of nitrogens with one attached hydrogen (secondary N) is 3. The molecule has 13 nitrogen and oxygen atoms in total. The number of carbonyl (C=O) groups excluding carboxylic acids is 5. The number of hydrogen-bond donors (Lipinski definition) is 8. The fourth-order valence-electron chi connectivity index (χ4n) is 2.92. The average Bonchev–Trinajstić information content (AvgIpc) is 2.79. The van der Waals surface area contributed by atoms with Crippen LogP contribution in [0.5, 0.6) is 0 Å². The van der Waals surface area contributed by atoms with Crippen LogP contribution in [0.4, 0.5) is 0 Å². The minimum Gasteiger partial charge on any atom is -0.480 e. The molecule has 0 saturated carbocycles. The van der Waals surface area contributed by atoms with Crippen molar-refractivity contribution in [2.45, 2.75) is 49.9 Å². The van der Waals surface area contributed by atoms with E-state index in [1.165, 1.54) is 0 Å². The van der Waals surface area contributed by atoms with E-state index in [0.717, 1.165) is 0 Å². The van der Waals surface area contributed by atoms with Crippen LogP contribution in [0.2, 0.25) is 0 Å². The molecule has 0 fully saturated rings. The van der Waals surface area contributed by atoms with Crippen LogP contribution in [0.3, 0.4) is 0 Å². The van der Waals surface area contributed by atoms with Gasteiger partial charge in [0.15, 0.2) is 0 Å². The minimum atomic E-state index is -1.55. The molecule has 35 heavy (non-hydrogen) atoms. The molecule has 0 radical (unpaired) electrons. The number of primary amides is 2. The Hall–Kier alpha value is -3.65. The Labute approximate surface area is 206 Å². The molecule has 1 rings (SSSR count). The second kappa shape index (κ2) is 14.6. The van der Waals surface area contributed by atoms with Crippen molar-refractivity contribution in [1.29, 1.82) is 0 Å². The number of carbonyl (C=O) groups is 6. The van der Waals surface area contributed by atoms with Gasteiger partial charge in [-0.25, -0.2) is 4.79 Å². The Balaban J connectivity index is 3.07. The normalized spacial score (nSPS) is 14.0. The number of carboxylic acids is 1. The van der Waals surface area contributed by atoms with E-state index in [1.54, 1.807) is 30.3 Å². The maximum atomic E-state index is 13.0. The number of thiol groups is 1. The molecule has 0 bridgehead atoms. The van der Waals surface area contributed by atoms with Gasteiger partial charge in [-0.1, -0.05) is 30.3 Å². The molecule has 1 aromatic rings. The van der Waals surface area contributed by atoms with Crippen molar-refractivity contribution in [3.8, 4) is 0 Å². The quantitative estimate of drug-likeness (QED) is 0.114.